The maximum Gasteiger partial charge on any atom is 0.417 e. The van der Waals surface area contributed by atoms with E-state index >= 15 is 0 Å². The molecule has 0 aromatic carbocycles. The van der Waals surface area contributed by atoms with Gasteiger partial charge in [0.15, 0.2) is 5.82 Å². The summed E-state index contributed by atoms with van der Waals surface area (Å²) in [7, 11) is 0. The van der Waals surface area contributed by atoms with Crippen LogP contribution in [0.2, 0.25) is 0 Å². The van der Waals surface area contributed by atoms with E-state index in [1.54, 1.807) is 12.3 Å². The number of alkyl halides is 3. The molecule has 4 heterocycles. The number of halogens is 3. The summed E-state index contributed by atoms with van der Waals surface area (Å²) in [5.41, 5.74) is -0.0289. The Morgan fingerprint density at radius 2 is 2.03 bits per heavy atom. The lowest BCUT2D eigenvalue weighted by atomic mass is 10.2. The summed E-state index contributed by atoms with van der Waals surface area (Å²) < 4.78 is 49.0. The van der Waals surface area contributed by atoms with Crippen LogP contribution in [0.25, 0.3) is 11.5 Å². The average molecular weight is 419 g/mol. The Hall–Kier alpha value is -3.17. The summed E-state index contributed by atoms with van der Waals surface area (Å²) in [6, 6.07) is 5.88. The van der Waals surface area contributed by atoms with Crippen LogP contribution in [0, 0.1) is 0 Å². The fourth-order valence-corrected chi connectivity index (χ4v) is 3.13. The number of rotatable bonds is 5. The van der Waals surface area contributed by atoms with Crippen LogP contribution in [0.5, 0.6) is 5.88 Å². The predicted molar refractivity (Wildman–Crippen MR) is 102 cm³/mol. The van der Waals surface area contributed by atoms with Gasteiger partial charge in [0.05, 0.1) is 12.1 Å². The van der Waals surface area contributed by atoms with E-state index in [2.05, 4.69) is 20.1 Å². The lowest BCUT2D eigenvalue weighted by molar-refractivity contribution is -0.137. The number of nitrogens with zero attached hydrogens (tertiary/aromatic N) is 5. The maximum absolute atomic E-state index is 12.6. The Morgan fingerprint density at radius 3 is 2.70 bits per heavy atom. The van der Waals surface area contributed by atoms with E-state index in [0.29, 0.717) is 31.2 Å². The molecule has 0 N–H and O–H groups in total. The van der Waals surface area contributed by atoms with E-state index in [0.717, 1.165) is 23.6 Å². The predicted octanol–water partition coefficient (Wildman–Crippen LogP) is 4.33. The van der Waals surface area contributed by atoms with Crippen LogP contribution in [0.15, 0.2) is 41.2 Å². The normalized spacial score (nSPS) is 17.0. The van der Waals surface area contributed by atoms with Crippen LogP contribution in [-0.4, -0.2) is 39.3 Å². The van der Waals surface area contributed by atoms with Gasteiger partial charge in [-0.15, -0.1) is 0 Å². The van der Waals surface area contributed by atoms with E-state index in [1.165, 1.54) is 6.07 Å². The van der Waals surface area contributed by atoms with Crippen LogP contribution >= 0.6 is 0 Å². The van der Waals surface area contributed by atoms with Crippen molar-refractivity contribution in [2.75, 3.05) is 18.0 Å². The molecule has 10 heteroatoms. The lowest BCUT2D eigenvalue weighted by Gasteiger charge is -2.18. The molecule has 3 aromatic rings. The molecule has 0 spiro atoms. The monoisotopic (exact) mass is 419 g/mol. The first-order valence-electron chi connectivity index (χ1n) is 9.54. The third-order valence-corrected chi connectivity index (χ3v) is 4.77. The number of aromatic nitrogens is 4. The van der Waals surface area contributed by atoms with Crippen molar-refractivity contribution in [3.8, 4) is 17.3 Å². The number of hydrogen-bond acceptors (Lipinski definition) is 7. The molecule has 1 aliphatic rings. The van der Waals surface area contributed by atoms with E-state index in [9.17, 15) is 13.2 Å². The van der Waals surface area contributed by atoms with Gasteiger partial charge >= 0.3 is 6.18 Å². The highest BCUT2D eigenvalue weighted by Gasteiger charge is 2.31. The largest absolute Gasteiger partial charge is 0.472 e. The van der Waals surface area contributed by atoms with Gasteiger partial charge in [-0.25, -0.2) is 9.97 Å². The van der Waals surface area contributed by atoms with Crippen molar-refractivity contribution < 1.29 is 22.4 Å². The lowest BCUT2D eigenvalue weighted by Crippen LogP contribution is -2.25. The van der Waals surface area contributed by atoms with Crippen molar-refractivity contribution in [1.82, 2.24) is 20.1 Å². The van der Waals surface area contributed by atoms with Gasteiger partial charge in [-0.2, -0.15) is 18.2 Å². The zero-order chi connectivity index (χ0) is 21.3. The summed E-state index contributed by atoms with van der Waals surface area (Å²) in [5, 5.41) is 3.98. The highest BCUT2D eigenvalue weighted by Crippen LogP contribution is 2.30. The Kier molecular flexibility index (Phi) is 5.31. The topological polar surface area (TPSA) is 77.2 Å². The van der Waals surface area contributed by atoms with Crippen LogP contribution in [-0.2, 0) is 6.18 Å². The molecule has 7 nitrogen and oxygen atoms in total. The van der Waals surface area contributed by atoms with Crippen molar-refractivity contribution in [3.63, 3.8) is 0 Å². The van der Waals surface area contributed by atoms with Gasteiger partial charge in [0, 0.05) is 42.9 Å². The second-order valence-corrected chi connectivity index (χ2v) is 7.37. The Labute approximate surface area is 170 Å². The molecule has 0 bridgehead atoms. The quantitative estimate of drug-likeness (QED) is 0.609. The SMILES string of the molecule is CC(C)c1noc(-c2ccnc(N3CCC(Oc4ccc(C(F)(F)F)cn4)C3)c2)n1. The van der Waals surface area contributed by atoms with Gasteiger partial charge in [-0.3, -0.25) is 0 Å². The van der Waals surface area contributed by atoms with Crippen molar-refractivity contribution in [2.45, 2.75) is 38.5 Å². The number of hydrogen-bond donors (Lipinski definition) is 0. The van der Waals surface area contributed by atoms with Crippen LogP contribution < -0.4 is 9.64 Å². The first-order chi connectivity index (χ1) is 14.3. The molecular formula is C20H20F3N5O2. The summed E-state index contributed by atoms with van der Waals surface area (Å²) in [6.45, 7) is 5.22. The second kappa shape index (κ2) is 7.92. The molecule has 158 valence electrons. The first-order valence-corrected chi connectivity index (χ1v) is 9.54. The van der Waals surface area contributed by atoms with E-state index in [1.807, 2.05) is 24.8 Å². The van der Waals surface area contributed by atoms with Crippen molar-refractivity contribution in [3.05, 3.63) is 48.0 Å². The third-order valence-electron chi connectivity index (χ3n) is 4.77. The van der Waals surface area contributed by atoms with E-state index in [4.69, 9.17) is 9.26 Å². The zero-order valence-electron chi connectivity index (χ0n) is 16.4. The molecule has 1 unspecified atom stereocenters. The fourth-order valence-electron chi connectivity index (χ4n) is 3.13. The van der Waals surface area contributed by atoms with Crippen molar-refractivity contribution in [1.29, 1.82) is 0 Å². The summed E-state index contributed by atoms with van der Waals surface area (Å²) in [4.78, 5) is 14.6. The third kappa shape index (κ3) is 4.37. The van der Waals surface area contributed by atoms with Crippen LogP contribution in [0.4, 0.5) is 19.0 Å². The number of ether oxygens (including phenoxy) is 1. The number of pyridine rings is 2. The van der Waals surface area contributed by atoms with Crippen LogP contribution in [0.1, 0.15) is 37.6 Å². The maximum atomic E-state index is 12.6. The average Bonchev–Trinajstić information content (AvgIpc) is 3.38. The molecule has 0 amide bonds. The highest BCUT2D eigenvalue weighted by molar-refractivity contribution is 5.59. The van der Waals surface area contributed by atoms with Crippen LogP contribution in [0.3, 0.4) is 0 Å². The summed E-state index contributed by atoms with van der Waals surface area (Å²) in [5.74, 6) is 2.15. The molecule has 30 heavy (non-hydrogen) atoms. The van der Waals surface area contributed by atoms with Crippen molar-refractivity contribution >= 4 is 5.82 Å². The van der Waals surface area contributed by atoms with Gasteiger partial charge < -0.3 is 14.2 Å². The Balaban J connectivity index is 1.42. The molecule has 4 rings (SSSR count). The number of anilines is 1. The van der Waals surface area contributed by atoms with Gasteiger partial charge in [-0.1, -0.05) is 19.0 Å². The molecule has 0 radical (unpaired) electrons. The molecule has 1 aliphatic heterocycles. The second-order valence-electron chi connectivity index (χ2n) is 7.37. The summed E-state index contributed by atoms with van der Waals surface area (Å²) >= 11 is 0. The molecule has 0 aliphatic carbocycles. The molecule has 1 fully saturated rings. The molecule has 0 saturated carbocycles. The standard InChI is InChI=1S/C20H20F3N5O2/c1-12(2)18-26-19(30-27-18)13-5-7-24-16(9-13)28-8-6-15(11-28)29-17-4-3-14(10-25-17)20(21,22)23/h3-5,7,9-10,12,15H,6,8,11H2,1-2H3. The zero-order valence-corrected chi connectivity index (χ0v) is 16.4. The van der Waals surface area contributed by atoms with Gasteiger partial charge in [0.1, 0.15) is 11.9 Å². The smallest absolute Gasteiger partial charge is 0.417 e. The summed E-state index contributed by atoms with van der Waals surface area (Å²) in [6.07, 6.45) is -1.46. The molecule has 1 atom stereocenters. The Morgan fingerprint density at radius 1 is 1.20 bits per heavy atom. The van der Waals surface area contributed by atoms with E-state index in [-0.39, 0.29) is 17.9 Å². The van der Waals surface area contributed by atoms with E-state index < -0.39 is 11.7 Å². The minimum atomic E-state index is -4.42. The first kappa shape index (κ1) is 20.1. The molecule has 3 aromatic heterocycles. The minimum absolute atomic E-state index is 0.166. The van der Waals surface area contributed by atoms with Gasteiger partial charge in [0.2, 0.25) is 5.88 Å². The Bertz CT molecular complexity index is 1000. The molecule has 1 saturated heterocycles. The van der Waals surface area contributed by atoms with Crippen molar-refractivity contribution in [2.24, 2.45) is 0 Å². The van der Waals surface area contributed by atoms with Gasteiger partial charge in [-0.05, 0) is 18.2 Å². The molecular weight excluding hydrogens is 399 g/mol. The fraction of sp³-hybridized carbons (Fsp3) is 0.400. The van der Waals surface area contributed by atoms with Gasteiger partial charge in [0.25, 0.3) is 5.89 Å². The highest BCUT2D eigenvalue weighted by atomic mass is 19.4. The minimum Gasteiger partial charge on any atom is -0.472 e.